The molecule has 0 aliphatic rings. The Bertz CT molecular complexity index is 1360. The van der Waals surface area contributed by atoms with E-state index in [1.807, 2.05) is 42.8 Å². The molecule has 35 heavy (non-hydrogen) atoms. The first kappa shape index (κ1) is 24.2. The molecule has 3 N–H and O–H groups in total. The minimum Gasteiger partial charge on any atom is -0.366 e. The summed E-state index contributed by atoms with van der Waals surface area (Å²) >= 11 is 1.43. The van der Waals surface area contributed by atoms with E-state index in [2.05, 4.69) is 22.5 Å². The largest absolute Gasteiger partial charge is 0.366 e. The predicted molar refractivity (Wildman–Crippen MR) is 138 cm³/mol. The Morgan fingerprint density at radius 3 is 2.46 bits per heavy atom. The van der Waals surface area contributed by atoms with Crippen molar-refractivity contribution in [2.45, 2.75) is 26.8 Å². The smallest absolute Gasteiger partial charge is 0.264 e. The van der Waals surface area contributed by atoms with Crippen molar-refractivity contribution in [3.8, 4) is 0 Å². The number of aromatic nitrogens is 2. The van der Waals surface area contributed by atoms with Crippen LogP contribution in [-0.4, -0.2) is 45.5 Å². The van der Waals surface area contributed by atoms with Crippen molar-refractivity contribution in [2.24, 2.45) is 5.73 Å². The Hall–Kier alpha value is -3.98. The monoisotopic (exact) mass is 489 g/mol. The van der Waals surface area contributed by atoms with Crippen LogP contribution >= 0.6 is 11.3 Å². The summed E-state index contributed by atoms with van der Waals surface area (Å²) in [5.74, 6) is -0.837. The van der Waals surface area contributed by atoms with E-state index in [-0.39, 0.29) is 18.2 Å². The van der Waals surface area contributed by atoms with Gasteiger partial charge >= 0.3 is 0 Å². The summed E-state index contributed by atoms with van der Waals surface area (Å²) < 4.78 is 1.94. The highest BCUT2D eigenvalue weighted by molar-refractivity contribution is 7.20. The summed E-state index contributed by atoms with van der Waals surface area (Å²) in [6, 6.07) is 18.3. The van der Waals surface area contributed by atoms with Crippen LogP contribution in [0.15, 0.2) is 60.7 Å². The SMILES string of the molecule is CCN(CCC(=O)Nc1ccc(C(N)=O)cc1)C(=O)c1cc2c(C)nn(Cc3ccccc3)c2s1. The molecule has 180 valence electrons. The number of primary amides is 1. The molecule has 0 atom stereocenters. The number of nitrogens with one attached hydrogen (secondary N) is 1. The molecule has 0 fully saturated rings. The van der Waals surface area contributed by atoms with E-state index in [1.165, 1.54) is 11.3 Å². The van der Waals surface area contributed by atoms with E-state index in [0.29, 0.717) is 35.8 Å². The van der Waals surface area contributed by atoms with Crippen LogP contribution in [0.25, 0.3) is 10.2 Å². The van der Waals surface area contributed by atoms with E-state index in [0.717, 1.165) is 21.5 Å². The zero-order valence-electron chi connectivity index (χ0n) is 19.7. The predicted octanol–water partition coefficient (Wildman–Crippen LogP) is 4.04. The molecule has 4 aromatic rings. The molecule has 2 heterocycles. The summed E-state index contributed by atoms with van der Waals surface area (Å²) in [5.41, 5.74) is 8.20. The number of anilines is 1. The van der Waals surface area contributed by atoms with Gasteiger partial charge in [-0.3, -0.25) is 19.1 Å². The molecule has 2 aromatic carbocycles. The first-order valence-corrected chi connectivity index (χ1v) is 12.2. The van der Waals surface area contributed by atoms with Crippen LogP contribution in [0.5, 0.6) is 0 Å². The summed E-state index contributed by atoms with van der Waals surface area (Å²) in [6.07, 6.45) is 0.156. The van der Waals surface area contributed by atoms with E-state index in [1.54, 1.807) is 29.2 Å². The molecule has 8 nitrogen and oxygen atoms in total. The molecule has 0 radical (unpaired) electrons. The first-order chi connectivity index (χ1) is 16.9. The van der Waals surface area contributed by atoms with Crippen molar-refractivity contribution in [2.75, 3.05) is 18.4 Å². The Labute approximate surface area is 207 Å². The third kappa shape index (κ3) is 5.58. The van der Waals surface area contributed by atoms with Crippen molar-refractivity contribution in [3.05, 3.63) is 82.4 Å². The van der Waals surface area contributed by atoms with E-state index < -0.39 is 5.91 Å². The van der Waals surface area contributed by atoms with Gasteiger partial charge in [-0.15, -0.1) is 11.3 Å². The molecule has 0 aliphatic heterocycles. The summed E-state index contributed by atoms with van der Waals surface area (Å²) in [5, 5.41) is 8.41. The Kier molecular flexibility index (Phi) is 7.26. The van der Waals surface area contributed by atoms with Gasteiger partial charge in [0, 0.05) is 36.1 Å². The lowest BCUT2D eigenvalue weighted by Gasteiger charge is -2.19. The molecular weight excluding hydrogens is 462 g/mol. The minimum atomic E-state index is -0.524. The quantitative estimate of drug-likeness (QED) is 0.370. The Morgan fingerprint density at radius 2 is 1.80 bits per heavy atom. The third-order valence-corrected chi connectivity index (χ3v) is 6.86. The molecule has 0 spiro atoms. The molecular formula is C26H27N5O3S. The number of nitrogens with two attached hydrogens (primary N) is 1. The second-order valence-corrected chi connectivity index (χ2v) is 9.21. The van der Waals surface area contributed by atoms with Crippen LogP contribution in [0.3, 0.4) is 0 Å². The summed E-state index contributed by atoms with van der Waals surface area (Å²) in [7, 11) is 0. The number of benzene rings is 2. The van der Waals surface area contributed by atoms with Crippen LogP contribution in [0.1, 0.15) is 44.6 Å². The van der Waals surface area contributed by atoms with Gasteiger partial charge in [0.25, 0.3) is 5.91 Å². The highest BCUT2D eigenvalue weighted by Gasteiger charge is 2.21. The second kappa shape index (κ2) is 10.5. The fourth-order valence-corrected chi connectivity index (χ4v) is 4.95. The van der Waals surface area contributed by atoms with Gasteiger partial charge in [0.2, 0.25) is 11.8 Å². The number of hydrogen-bond donors (Lipinski definition) is 2. The highest BCUT2D eigenvalue weighted by Crippen LogP contribution is 2.30. The molecule has 0 unspecified atom stereocenters. The maximum atomic E-state index is 13.2. The highest BCUT2D eigenvalue weighted by atomic mass is 32.1. The molecule has 9 heteroatoms. The lowest BCUT2D eigenvalue weighted by molar-refractivity contribution is -0.116. The minimum absolute atomic E-state index is 0.0991. The summed E-state index contributed by atoms with van der Waals surface area (Å²) in [4.78, 5) is 40.1. The molecule has 3 amide bonds. The van der Waals surface area contributed by atoms with Gasteiger partial charge < -0.3 is 16.0 Å². The van der Waals surface area contributed by atoms with E-state index >= 15 is 0 Å². The number of nitrogens with zero attached hydrogens (tertiary/aromatic N) is 3. The molecule has 0 aliphatic carbocycles. The first-order valence-electron chi connectivity index (χ1n) is 11.4. The van der Waals surface area contributed by atoms with Crippen LogP contribution in [-0.2, 0) is 11.3 Å². The Morgan fingerprint density at radius 1 is 1.09 bits per heavy atom. The number of rotatable bonds is 9. The number of fused-ring (bicyclic) bond motifs is 1. The van der Waals surface area contributed by atoms with E-state index in [9.17, 15) is 14.4 Å². The summed E-state index contributed by atoms with van der Waals surface area (Å²) in [6.45, 7) is 5.26. The van der Waals surface area contributed by atoms with Crippen LogP contribution in [0, 0.1) is 6.92 Å². The topological polar surface area (TPSA) is 110 Å². The van der Waals surface area contributed by atoms with Gasteiger partial charge in [-0.2, -0.15) is 5.10 Å². The second-order valence-electron chi connectivity index (χ2n) is 8.18. The van der Waals surface area contributed by atoms with Crippen molar-refractivity contribution < 1.29 is 14.4 Å². The Balaban J connectivity index is 1.41. The maximum absolute atomic E-state index is 13.2. The van der Waals surface area contributed by atoms with E-state index in [4.69, 9.17) is 5.73 Å². The van der Waals surface area contributed by atoms with Gasteiger partial charge in [0.1, 0.15) is 4.83 Å². The fraction of sp³-hybridized carbons (Fsp3) is 0.231. The fourth-order valence-electron chi connectivity index (χ4n) is 3.82. The lowest BCUT2D eigenvalue weighted by atomic mass is 10.2. The normalized spacial score (nSPS) is 10.9. The van der Waals surface area contributed by atoms with Crippen LogP contribution in [0.4, 0.5) is 5.69 Å². The van der Waals surface area contributed by atoms with Crippen molar-refractivity contribution in [1.29, 1.82) is 0 Å². The number of aryl methyl sites for hydroxylation is 1. The van der Waals surface area contributed by atoms with Crippen molar-refractivity contribution in [1.82, 2.24) is 14.7 Å². The molecule has 0 saturated heterocycles. The zero-order valence-corrected chi connectivity index (χ0v) is 20.5. The van der Waals surface area contributed by atoms with Crippen molar-refractivity contribution in [3.63, 3.8) is 0 Å². The molecule has 4 rings (SSSR count). The number of hydrogen-bond acceptors (Lipinski definition) is 5. The average molecular weight is 490 g/mol. The zero-order chi connectivity index (χ0) is 24.9. The number of amides is 3. The maximum Gasteiger partial charge on any atom is 0.264 e. The molecule has 2 aromatic heterocycles. The van der Waals surface area contributed by atoms with Gasteiger partial charge in [0.15, 0.2) is 0 Å². The van der Waals surface area contributed by atoms with Gasteiger partial charge in [0.05, 0.1) is 17.1 Å². The average Bonchev–Trinajstić information content (AvgIpc) is 3.41. The third-order valence-electron chi connectivity index (χ3n) is 5.72. The van der Waals surface area contributed by atoms with Gasteiger partial charge in [-0.25, -0.2) is 0 Å². The van der Waals surface area contributed by atoms with Gasteiger partial charge in [-0.1, -0.05) is 30.3 Å². The number of thiophene rings is 1. The van der Waals surface area contributed by atoms with Crippen molar-refractivity contribution >= 4 is 45.0 Å². The standard InChI is InChI=1S/C26H27N5O3S/c1-3-30(14-13-23(32)28-20-11-9-19(10-12-20)24(27)33)25(34)22-15-21-17(2)29-31(26(21)35-22)16-18-7-5-4-6-8-18/h4-12,15H,3,13-14,16H2,1-2H3,(H2,27,33)(H,28,32). The van der Waals surface area contributed by atoms with Crippen LogP contribution in [0.2, 0.25) is 0 Å². The lowest BCUT2D eigenvalue weighted by Crippen LogP contribution is -2.33. The van der Waals surface area contributed by atoms with Gasteiger partial charge in [-0.05, 0) is 49.7 Å². The number of carbonyl (C=O) groups is 3. The molecule has 0 bridgehead atoms. The number of carbonyl (C=O) groups excluding carboxylic acids is 3. The van der Waals surface area contributed by atoms with Crippen LogP contribution < -0.4 is 11.1 Å². The molecule has 0 saturated carbocycles.